The predicted octanol–water partition coefficient (Wildman–Crippen LogP) is 5.05. The van der Waals surface area contributed by atoms with Crippen molar-refractivity contribution in [1.82, 2.24) is 0 Å². The smallest absolute Gasteiger partial charge is 0.339 e. The molecule has 0 saturated carbocycles. The van der Waals surface area contributed by atoms with E-state index >= 15 is 0 Å². The van der Waals surface area contributed by atoms with E-state index in [9.17, 15) is 23.3 Å². The Hall–Kier alpha value is -3.60. The van der Waals surface area contributed by atoms with Crippen LogP contribution in [0.15, 0.2) is 71.1 Å². The minimum absolute atomic E-state index is 0.0520. The lowest BCUT2D eigenvalue weighted by molar-refractivity contribution is -0.112. The number of amides is 1. The quantitative estimate of drug-likeness (QED) is 0.118. The van der Waals surface area contributed by atoms with Crippen molar-refractivity contribution < 1.29 is 31.7 Å². The Morgan fingerprint density at radius 3 is 2.27 bits per heavy atom. The van der Waals surface area contributed by atoms with Crippen molar-refractivity contribution in [2.24, 2.45) is 0 Å². The van der Waals surface area contributed by atoms with Gasteiger partial charge in [0, 0.05) is 10.7 Å². The first-order valence-electron chi connectivity index (χ1n) is 10.3. The fourth-order valence-corrected chi connectivity index (χ4v) is 4.95. The number of methoxy groups -OCH3 is 2. The van der Waals surface area contributed by atoms with Crippen LogP contribution in [-0.2, 0) is 19.6 Å². The van der Waals surface area contributed by atoms with Gasteiger partial charge in [-0.05, 0) is 94.9 Å². The molecule has 0 unspecified atom stereocenters. The van der Waals surface area contributed by atoms with Gasteiger partial charge in [0.2, 0.25) is 0 Å². The molecule has 3 aromatic carbocycles. The number of hydrogen-bond acceptors (Lipinski definition) is 8. The third-order valence-electron chi connectivity index (χ3n) is 4.79. The first-order valence-corrected chi connectivity index (χ1v) is 13.1. The minimum atomic E-state index is -4.19. The van der Waals surface area contributed by atoms with Crippen LogP contribution in [-0.4, -0.2) is 34.5 Å². The van der Waals surface area contributed by atoms with Gasteiger partial charge in [0.15, 0.2) is 11.5 Å². The second-order valence-electron chi connectivity index (χ2n) is 7.22. The van der Waals surface area contributed by atoms with Gasteiger partial charge < -0.3 is 19.0 Å². The molecule has 1 N–H and O–H groups in total. The number of rotatable bonds is 8. The third kappa shape index (κ3) is 7.00. The molecule has 37 heavy (non-hydrogen) atoms. The van der Waals surface area contributed by atoms with Gasteiger partial charge in [-0.1, -0.05) is 11.6 Å². The Morgan fingerprint density at radius 2 is 1.70 bits per heavy atom. The highest BCUT2D eigenvalue weighted by molar-refractivity contribution is 14.1. The third-order valence-corrected chi connectivity index (χ3v) is 7.08. The molecule has 3 rings (SSSR count). The van der Waals surface area contributed by atoms with E-state index in [2.05, 4.69) is 10.1 Å². The van der Waals surface area contributed by atoms with Crippen LogP contribution in [0, 0.1) is 14.9 Å². The standard InChI is InChI=1S/C25H18ClIN2O7S/c1-34-22-13-15(12-21(27)23(22)36-37(32,33)20-9-5-18(26)6-10-20)11-17(14-28)24(30)29-19-7-3-16(4-8-19)25(31)35-2/h3-13H,1-2H3,(H,29,30)/b17-11+. The molecule has 0 radical (unpaired) electrons. The molecule has 0 heterocycles. The summed E-state index contributed by atoms with van der Waals surface area (Å²) < 4.78 is 41.1. The number of halogens is 2. The van der Waals surface area contributed by atoms with E-state index in [0.29, 0.717) is 25.4 Å². The Labute approximate surface area is 231 Å². The van der Waals surface area contributed by atoms with Crippen LogP contribution in [0.25, 0.3) is 6.08 Å². The van der Waals surface area contributed by atoms with Gasteiger partial charge in [0.05, 0.1) is 23.4 Å². The molecular formula is C25H18ClIN2O7S. The molecule has 0 spiro atoms. The lowest BCUT2D eigenvalue weighted by atomic mass is 10.1. The van der Waals surface area contributed by atoms with Crippen molar-refractivity contribution in [3.63, 3.8) is 0 Å². The summed E-state index contributed by atoms with van der Waals surface area (Å²) in [7, 11) is -1.60. The summed E-state index contributed by atoms with van der Waals surface area (Å²) in [5.74, 6) is -1.18. The molecule has 9 nitrogen and oxygen atoms in total. The van der Waals surface area contributed by atoms with Crippen LogP contribution in [0.4, 0.5) is 5.69 Å². The van der Waals surface area contributed by atoms with Crippen LogP contribution < -0.4 is 14.2 Å². The van der Waals surface area contributed by atoms with E-state index in [0.717, 1.165) is 0 Å². The van der Waals surface area contributed by atoms with E-state index < -0.39 is 22.0 Å². The zero-order valence-corrected chi connectivity index (χ0v) is 23.0. The highest BCUT2D eigenvalue weighted by Gasteiger charge is 2.22. The molecule has 0 aliphatic carbocycles. The summed E-state index contributed by atoms with van der Waals surface area (Å²) >= 11 is 7.69. The van der Waals surface area contributed by atoms with Crippen molar-refractivity contribution >= 4 is 67.9 Å². The number of nitriles is 1. The molecule has 0 fully saturated rings. The number of anilines is 1. The predicted molar refractivity (Wildman–Crippen MR) is 145 cm³/mol. The second kappa shape index (κ2) is 12.1. The average Bonchev–Trinajstić information content (AvgIpc) is 2.88. The summed E-state index contributed by atoms with van der Waals surface area (Å²) in [5, 5.41) is 12.5. The number of esters is 1. The largest absolute Gasteiger partial charge is 0.493 e. The Morgan fingerprint density at radius 1 is 1.05 bits per heavy atom. The molecule has 12 heteroatoms. The first kappa shape index (κ1) is 28.0. The van der Waals surface area contributed by atoms with Gasteiger partial charge in [0.25, 0.3) is 5.91 Å². The Balaban J connectivity index is 1.86. The van der Waals surface area contributed by atoms with Crippen molar-refractivity contribution in [3.05, 3.63) is 86.0 Å². The normalized spacial score (nSPS) is 11.3. The molecule has 0 aliphatic rings. The van der Waals surface area contributed by atoms with Crippen LogP contribution in [0.5, 0.6) is 11.5 Å². The molecule has 3 aromatic rings. The molecule has 0 saturated heterocycles. The number of nitrogens with zero attached hydrogens (tertiary/aromatic N) is 1. The van der Waals surface area contributed by atoms with Gasteiger partial charge in [-0.2, -0.15) is 13.7 Å². The number of carbonyl (C=O) groups is 2. The molecule has 1 amide bonds. The average molecular weight is 653 g/mol. The van der Waals surface area contributed by atoms with Crippen molar-refractivity contribution in [2.45, 2.75) is 4.90 Å². The number of benzene rings is 3. The summed E-state index contributed by atoms with van der Waals surface area (Å²) in [4.78, 5) is 24.1. The molecule has 0 aromatic heterocycles. The summed E-state index contributed by atoms with van der Waals surface area (Å²) in [6, 6.07) is 16.2. The number of ether oxygens (including phenoxy) is 2. The number of carbonyl (C=O) groups excluding carboxylic acids is 2. The van der Waals surface area contributed by atoms with Crippen molar-refractivity contribution in [3.8, 4) is 17.6 Å². The van der Waals surface area contributed by atoms with Crippen molar-refractivity contribution in [2.75, 3.05) is 19.5 Å². The van der Waals surface area contributed by atoms with Crippen LogP contribution in [0.3, 0.4) is 0 Å². The molecule has 0 atom stereocenters. The fourth-order valence-electron chi connectivity index (χ4n) is 2.98. The summed E-state index contributed by atoms with van der Waals surface area (Å²) in [5.41, 5.74) is 0.836. The van der Waals surface area contributed by atoms with Gasteiger partial charge in [0.1, 0.15) is 16.5 Å². The zero-order valence-electron chi connectivity index (χ0n) is 19.3. The first-order chi connectivity index (χ1) is 17.6. The van der Waals surface area contributed by atoms with E-state index in [1.807, 2.05) is 28.7 Å². The second-order valence-corrected chi connectivity index (χ2v) is 10.4. The maximum Gasteiger partial charge on any atom is 0.339 e. The van der Waals surface area contributed by atoms with Crippen LogP contribution >= 0.6 is 34.2 Å². The lowest BCUT2D eigenvalue weighted by Crippen LogP contribution is -2.14. The highest BCUT2D eigenvalue weighted by atomic mass is 127. The lowest BCUT2D eigenvalue weighted by Gasteiger charge is -2.14. The van der Waals surface area contributed by atoms with Gasteiger partial charge in [-0.15, -0.1) is 0 Å². The monoisotopic (exact) mass is 652 g/mol. The van der Waals surface area contributed by atoms with Gasteiger partial charge >= 0.3 is 16.1 Å². The Bertz CT molecular complexity index is 1510. The van der Waals surface area contributed by atoms with E-state index in [4.69, 9.17) is 20.5 Å². The topological polar surface area (TPSA) is 132 Å². The minimum Gasteiger partial charge on any atom is -0.493 e. The van der Waals surface area contributed by atoms with Gasteiger partial charge in [-0.25, -0.2) is 4.79 Å². The highest BCUT2D eigenvalue weighted by Crippen LogP contribution is 2.36. The summed E-state index contributed by atoms with van der Waals surface area (Å²) in [6.45, 7) is 0. The molecular weight excluding hydrogens is 635 g/mol. The molecule has 0 aliphatic heterocycles. The maximum atomic E-state index is 12.7. The van der Waals surface area contributed by atoms with E-state index in [1.165, 1.54) is 81.0 Å². The summed E-state index contributed by atoms with van der Waals surface area (Å²) in [6.07, 6.45) is 1.32. The van der Waals surface area contributed by atoms with E-state index in [1.54, 1.807) is 0 Å². The Kier molecular flexibility index (Phi) is 9.14. The number of hydrogen-bond donors (Lipinski definition) is 1. The molecule has 0 bridgehead atoms. The maximum absolute atomic E-state index is 12.7. The molecule has 190 valence electrons. The SMILES string of the molecule is COC(=O)c1ccc(NC(=O)/C(C#N)=C/c2cc(I)c(OS(=O)(=O)c3ccc(Cl)cc3)c(OC)c2)cc1. The van der Waals surface area contributed by atoms with Crippen LogP contribution in [0.1, 0.15) is 15.9 Å². The fraction of sp³-hybridized carbons (Fsp3) is 0.0800. The van der Waals surface area contributed by atoms with E-state index in [-0.39, 0.29) is 22.0 Å². The van der Waals surface area contributed by atoms with Crippen molar-refractivity contribution in [1.29, 1.82) is 5.26 Å². The van der Waals surface area contributed by atoms with Crippen LogP contribution in [0.2, 0.25) is 5.02 Å². The number of nitrogens with one attached hydrogen (secondary N) is 1. The van der Waals surface area contributed by atoms with Gasteiger partial charge in [-0.3, -0.25) is 4.79 Å². The zero-order chi connectivity index (χ0) is 27.2.